The third-order valence-corrected chi connectivity index (χ3v) is 6.90. The van der Waals surface area contributed by atoms with Crippen molar-refractivity contribution < 1.29 is 42.9 Å². The minimum absolute atomic E-state index is 0.279. The molecule has 3 rings (SSSR count). The highest BCUT2D eigenvalue weighted by atomic mass is 16.7. The van der Waals surface area contributed by atoms with Gasteiger partial charge < -0.3 is 23.7 Å². The molecule has 0 spiro atoms. The fourth-order valence-electron chi connectivity index (χ4n) is 4.81. The quantitative estimate of drug-likeness (QED) is 0.162. The van der Waals surface area contributed by atoms with Crippen LogP contribution in [0.25, 0.3) is 0 Å². The smallest absolute Gasteiger partial charge is 0.303 e. The van der Waals surface area contributed by atoms with Crippen LogP contribution in [0.1, 0.15) is 64.5 Å². The van der Waals surface area contributed by atoms with Crippen molar-refractivity contribution in [2.45, 2.75) is 90.3 Å². The number of carbonyl (C=O) groups excluding carboxylic acids is 4. The van der Waals surface area contributed by atoms with Gasteiger partial charge in [0.05, 0.1) is 11.6 Å². The largest absolute Gasteiger partial charge is 0.463 e. The molecule has 42 heavy (non-hydrogen) atoms. The van der Waals surface area contributed by atoms with Gasteiger partial charge in [-0.05, 0) is 54.9 Å². The normalized spacial score (nSPS) is 24.1. The third kappa shape index (κ3) is 9.14. The van der Waals surface area contributed by atoms with Gasteiger partial charge in [0.15, 0.2) is 18.3 Å². The van der Waals surface area contributed by atoms with E-state index in [2.05, 4.69) is 36.9 Å². The highest BCUT2D eigenvalue weighted by molar-refractivity contribution is 5.69. The van der Waals surface area contributed by atoms with E-state index >= 15 is 0 Å². The van der Waals surface area contributed by atoms with Crippen LogP contribution in [-0.2, 0) is 49.3 Å². The Balaban J connectivity index is 1.89. The Bertz CT molecular complexity index is 1300. The van der Waals surface area contributed by atoms with Crippen LogP contribution in [0, 0.1) is 11.3 Å². The molecule has 0 radical (unpaired) electrons. The number of allylic oxidation sites excluding steroid dienone is 3. The van der Waals surface area contributed by atoms with Gasteiger partial charge in [0.2, 0.25) is 0 Å². The molecular formula is C32H37NO9. The molecule has 1 heterocycles. The summed E-state index contributed by atoms with van der Waals surface area (Å²) < 4.78 is 27.6. The zero-order chi connectivity index (χ0) is 31.0. The molecule has 0 amide bonds. The van der Waals surface area contributed by atoms with Gasteiger partial charge in [-0.2, -0.15) is 5.26 Å². The summed E-state index contributed by atoms with van der Waals surface area (Å²) in [6.45, 7) is 10.3. The summed E-state index contributed by atoms with van der Waals surface area (Å²) in [5.41, 5.74) is 3.94. The van der Waals surface area contributed by atoms with Gasteiger partial charge in [-0.1, -0.05) is 42.5 Å². The SMILES string of the molecule is C=C(/C=C\C(C#N)=C(/C)Cc1ccc(C2CC2)cc1)[C@@H]1O[C@H](COC(C)=O)[C@@H](OC(C)=O)[C@H](OC(C)=O)[C@H]1OC(C)=O. The van der Waals surface area contributed by atoms with Crippen molar-refractivity contribution in [2.75, 3.05) is 6.61 Å². The summed E-state index contributed by atoms with van der Waals surface area (Å²) >= 11 is 0. The summed E-state index contributed by atoms with van der Waals surface area (Å²) in [5, 5.41) is 9.87. The van der Waals surface area contributed by atoms with Crippen LogP contribution in [-0.4, -0.2) is 61.0 Å². The highest BCUT2D eigenvalue weighted by Gasteiger charge is 2.52. The Labute approximate surface area is 245 Å². The summed E-state index contributed by atoms with van der Waals surface area (Å²) in [4.78, 5) is 47.6. The fraction of sp³-hybridized carbons (Fsp3) is 0.469. The zero-order valence-corrected chi connectivity index (χ0v) is 24.6. The Morgan fingerprint density at radius 2 is 1.45 bits per heavy atom. The monoisotopic (exact) mass is 579 g/mol. The van der Waals surface area contributed by atoms with Crippen LogP contribution in [0.15, 0.2) is 59.7 Å². The van der Waals surface area contributed by atoms with Crippen LogP contribution in [0.2, 0.25) is 0 Å². The molecule has 10 nitrogen and oxygen atoms in total. The predicted octanol–water partition coefficient (Wildman–Crippen LogP) is 4.18. The second kappa shape index (κ2) is 14.6. The van der Waals surface area contributed by atoms with Gasteiger partial charge in [0.1, 0.15) is 18.8 Å². The number of benzene rings is 1. The van der Waals surface area contributed by atoms with Crippen molar-refractivity contribution in [3.05, 3.63) is 70.8 Å². The number of hydrogen-bond acceptors (Lipinski definition) is 10. The lowest BCUT2D eigenvalue weighted by atomic mass is 9.90. The minimum Gasteiger partial charge on any atom is -0.463 e. The molecular weight excluding hydrogens is 542 g/mol. The van der Waals surface area contributed by atoms with Crippen LogP contribution in [0.4, 0.5) is 0 Å². The maximum Gasteiger partial charge on any atom is 0.303 e. The first-order valence-electron chi connectivity index (χ1n) is 13.8. The third-order valence-electron chi connectivity index (χ3n) is 6.90. The number of ether oxygens (including phenoxy) is 5. The molecule has 5 atom stereocenters. The van der Waals surface area contributed by atoms with Gasteiger partial charge in [-0.3, -0.25) is 19.2 Å². The van der Waals surface area contributed by atoms with E-state index in [1.54, 1.807) is 12.2 Å². The van der Waals surface area contributed by atoms with Gasteiger partial charge in [-0.15, -0.1) is 0 Å². The van der Waals surface area contributed by atoms with E-state index in [1.807, 2.05) is 6.92 Å². The van der Waals surface area contributed by atoms with Gasteiger partial charge in [0, 0.05) is 27.7 Å². The van der Waals surface area contributed by atoms with E-state index in [-0.39, 0.29) is 12.2 Å². The minimum atomic E-state index is -1.30. The summed E-state index contributed by atoms with van der Waals surface area (Å²) in [7, 11) is 0. The summed E-state index contributed by atoms with van der Waals surface area (Å²) in [6, 6.07) is 10.6. The van der Waals surface area contributed by atoms with E-state index in [0.29, 0.717) is 17.9 Å². The van der Waals surface area contributed by atoms with Crippen LogP contribution in [0.5, 0.6) is 0 Å². The molecule has 1 aliphatic carbocycles. The Morgan fingerprint density at radius 3 is 1.98 bits per heavy atom. The van der Waals surface area contributed by atoms with Crippen LogP contribution >= 0.6 is 0 Å². The lowest BCUT2D eigenvalue weighted by molar-refractivity contribution is -0.245. The Morgan fingerprint density at radius 1 is 0.881 bits per heavy atom. The lowest BCUT2D eigenvalue weighted by Crippen LogP contribution is -2.62. The van der Waals surface area contributed by atoms with Gasteiger partial charge >= 0.3 is 23.9 Å². The highest BCUT2D eigenvalue weighted by Crippen LogP contribution is 2.40. The van der Waals surface area contributed by atoms with Gasteiger partial charge in [0.25, 0.3) is 0 Å². The van der Waals surface area contributed by atoms with Crippen LogP contribution < -0.4 is 0 Å². The van der Waals surface area contributed by atoms with Crippen molar-refractivity contribution >= 4 is 23.9 Å². The molecule has 0 unspecified atom stereocenters. The summed E-state index contributed by atoms with van der Waals surface area (Å²) in [6.07, 6.45) is 0.163. The second-order valence-corrected chi connectivity index (χ2v) is 10.5. The average molecular weight is 580 g/mol. The zero-order valence-electron chi connectivity index (χ0n) is 24.6. The number of rotatable bonds is 11. The first-order valence-corrected chi connectivity index (χ1v) is 13.8. The standard InChI is InChI=1S/C32H37NO9/c1-18(7-10-27(16-33)19(2)15-24-8-11-25(12-9-24)26-13-14-26)29-31(40-22(5)36)32(41-23(6)37)30(39-21(4)35)28(42-29)17-38-20(3)34/h7-12,26,28-32H,1,13-15,17H2,2-6H3/b10-7-,27-19-/t28-,29+,30-,31+,32+/m1/s1. The summed E-state index contributed by atoms with van der Waals surface area (Å²) in [5.74, 6) is -2.09. The van der Waals surface area contributed by atoms with E-state index in [4.69, 9.17) is 23.7 Å². The van der Waals surface area contributed by atoms with Crippen molar-refractivity contribution in [1.82, 2.24) is 0 Å². The Kier molecular flexibility index (Phi) is 11.2. The van der Waals surface area contributed by atoms with E-state index in [1.165, 1.54) is 32.3 Å². The number of carbonyl (C=O) groups is 4. The Hall–Kier alpha value is -4.23. The number of nitrogens with zero attached hydrogens (tertiary/aromatic N) is 1. The number of esters is 4. The molecule has 1 saturated carbocycles. The molecule has 0 aromatic heterocycles. The molecule has 224 valence electrons. The van der Waals surface area contributed by atoms with E-state index in [0.717, 1.165) is 25.0 Å². The first kappa shape index (κ1) is 32.3. The van der Waals surface area contributed by atoms with Crippen molar-refractivity contribution in [2.24, 2.45) is 0 Å². The van der Waals surface area contributed by atoms with Crippen LogP contribution in [0.3, 0.4) is 0 Å². The molecule has 1 saturated heterocycles. The maximum absolute atomic E-state index is 12.1. The van der Waals surface area contributed by atoms with Crippen molar-refractivity contribution in [1.29, 1.82) is 5.26 Å². The molecule has 2 fully saturated rings. The molecule has 1 aromatic rings. The maximum atomic E-state index is 12.1. The average Bonchev–Trinajstić information content (AvgIpc) is 3.75. The molecule has 0 bridgehead atoms. The number of hydrogen-bond donors (Lipinski definition) is 0. The molecule has 10 heteroatoms. The van der Waals surface area contributed by atoms with Crippen molar-refractivity contribution in [3.8, 4) is 6.07 Å². The van der Waals surface area contributed by atoms with Gasteiger partial charge in [-0.25, -0.2) is 0 Å². The topological polar surface area (TPSA) is 138 Å². The fourth-order valence-corrected chi connectivity index (χ4v) is 4.81. The van der Waals surface area contributed by atoms with Crippen molar-refractivity contribution in [3.63, 3.8) is 0 Å². The predicted molar refractivity (Wildman–Crippen MR) is 151 cm³/mol. The van der Waals surface area contributed by atoms with E-state index < -0.39 is 54.4 Å². The molecule has 2 aliphatic rings. The lowest BCUT2D eigenvalue weighted by Gasteiger charge is -2.44. The first-order chi connectivity index (χ1) is 19.9. The molecule has 1 aromatic carbocycles. The number of nitriles is 1. The molecule has 0 N–H and O–H groups in total. The second-order valence-electron chi connectivity index (χ2n) is 10.5. The van der Waals surface area contributed by atoms with E-state index in [9.17, 15) is 24.4 Å². The molecule has 1 aliphatic heterocycles.